The summed E-state index contributed by atoms with van der Waals surface area (Å²) in [6.45, 7) is 8.32. The van der Waals surface area contributed by atoms with Crippen molar-refractivity contribution in [3.05, 3.63) is 12.2 Å². The van der Waals surface area contributed by atoms with E-state index in [1.807, 2.05) is 13.1 Å². The van der Waals surface area contributed by atoms with Crippen molar-refractivity contribution < 1.29 is 13.6 Å². The molecule has 0 unspecified atom stereocenters. The standard InChI is InChI=1S/C10H20O3Si/c1-5-7-9-12-14(3,4)13-10(11)8-6-2/h6,8H,5,7,9H2,1-4H3. The molecule has 0 spiro atoms. The molecule has 0 bridgehead atoms. The largest absolute Gasteiger partial charge is 0.491 e. The molecule has 0 aliphatic rings. The van der Waals surface area contributed by atoms with Crippen LogP contribution in [0.3, 0.4) is 0 Å². The highest BCUT2D eigenvalue weighted by Gasteiger charge is 2.27. The summed E-state index contributed by atoms with van der Waals surface area (Å²) in [6, 6.07) is 0. The van der Waals surface area contributed by atoms with Gasteiger partial charge in [0.2, 0.25) is 0 Å². The maximum absolute atomic E-state index is 11.1. The van der Waals surface area contributed by atoms with Gasteiger partial charge in [0.05, 0.1) is 0 Å². The Morgan fingerprint density at radius 2 is 2.07 bits per heavy atom. The molecule has 0 saturated carbocycles. The number of hydrogen-bond acceptors (Lipinski definition) is 3. The zero-order valence-corrected chi connectivity index (χ0v) is 10.5. The maximum atomic E-state index is 11.1. The van der Waals surface area contributed by atoms with Gasteiger partial charge in [0.15, 0.2) is 0 Å². The van der Waals surface area contributed by atoms with Gasteiger partial charge in [-0.1, -0.05) is 19.4 Å². The fraction of sp³-hybridized carbons (Fsp3) is 0.700. The fourth-order valence-corrected chi connectivity index (χ4v) is 2.15. The molecule has 0 amide bonds. The third-order valence-electron chi connectivity index (χ3n) is 1.60. The van der Waals surface area contributed by atoms with Crippen molar-refractivity contribution in [3.8, 4) is 0 Å². The molecule has 0 aromatic carbocycles. The van der Waals surface area contributed by atoms with Crippen LogP contribution in [-0.4, -0.2) is 21.1 Å². The van der Waals surface area contributed by atoms with Gasteiger partial charge >= 0.3 is 14.5 Å². The lowest BCUT2D eigenvalue weighted by Crippen LogP contribution is -2.37. The second-order valence-corrected chi connectivity index (χ2v) is 6.82. The van der Waals surface area contributed by atoms with E-state index in [0.717, 1.165) is 12.8 Å². The van der Waals surface area contributed by atoms with Gasteiger partial charge in [-0.3, -0.25) is 0 Å². The highest BCUT2D eigenvalue weighted by molar-refractivity contribution is 6.66. The smallest absolute Gasteiger partial charge is 0.395 e. The molecule has 0 aromatic heterocycles. The van der Waals surface area contributed by atoms with Crippen molar-refractivity contribution in [1.29, 1.82) is 0 Å². The molecular formula is C10H20O3Si. The summed E-state index contributed by atoms with van der Waals surface area (Å²) in [5.41, 5.74) is 0. The van der Waals surface area contributed by atoms with Crippen LogP contribution in [-0.2, 0) is 13.6 Å². The van der Waals surface area contributed by atoms with Crippen LogP contribution < -0.4 is 0 Å². The molecule has 0 atom stereocenters. The van der Waals surface area contributed by atoms with E-state index in [2.05, 4.69) is 6.92 Å². The van der Waals surface area contributed by atoms with Crippen molar-refractivity contribution >= 4 is 14.5 Å². The SMILES string of the molecule is CC=CC(=O)O[Si](C)(C)OCCCC. The van der Waals surface area contributed by atoms with E-state index in [-0.39, 0.29) is 5.97 Å². The lowest BCUT2D eigenvalue weighted by molar-refractivity contribution is -0.131. The van der Waals surface area contributed by atoms with E-state index in [1.165, 1.54) is 6.08 Å². The first-order valence-corrected chi connectivity index (χ1v) is 7.83. The Kier molecular flexibility index (Phi) is 6.49. The van der Waals surface area contributed by atoms with Crippen LogP contribution in [0.4, 0.5) is 0 Å². The Morgan fingerprint density at radius 1 is 1.43 bits per heavy atom. The molecule has 4 heteroatoms. The molecule has 82 valence electrons. The van der Waals surface area contributed by atoms with Crippen molar-refractivity contribution in [3.63, 3.8) is 0 Å². The third-order valence-corrected chi connectivity index (χ3v) is 3.19. The molecule has 0 aliphatic heterocycles. The van der Waals surface area contributed by atoms with E-state index < -0.39 is 8.56 Å². The van der Waals surface area contributed by atoms with Gasteiger partial charge in [-0.15, -0.1) is 0 Å². The summed E-state index contributed by atoms with van der Waals surface area (Å²) in [6.07, 6.45) is 5.18. The highest BCUT2D eigenvalue weighted by atomic mass is 28.4. The molecule has 0 N–H and O–H groups in total. The van der Waals surface area contributed by atoms with Gasteiger partial charge in [-0.25, -0.2) is 4.79 Å². The van der Waals surface area contributed by atoms with Crippen molar-refractivity contribution in [1.82, 2.24) is 0 Å². The van der Waals surface area contributed by atoms with Gasteiger partial charge in [0.25, 0.3) is 0 Å². The molecule has 0 aliphatic carbocycles. The summed E-state index contributed by atoms with van der Waals surface area (Å²) in [4.78, 5) is 11.1. The molecular weight excluding hydrogens is 196 g/mol. The second kappa shape index (κ2) is 6.78. The normalized spacial score (nSPS) is 12.0. The van der Waals surface area contributed by atoms with Crippen LogP contribution in [0.15, 0.2) is 12.2 Å². The van der Waals surface area contributed by atoms with E-state index in [4.69, 9.17) is 8.85 Å². The van der Waals surface area contributed by atoms with Crippen LogP contribution in [0.2, 0.25) is 13.1 Å². The lowest BCUT2D eigenvalue weighted by Gasteiger charge is -2.21. The number of carbonyl (C=O) groups excluding carboxylic acids is 1. The molecule has 0 heterocycles. The number of unbranched alkanes of at least 4 members (excludes halogenated alkanes) is 1. The van der Waals surface area contributed by atoms with E-state index in [0.29, 0.717) is 6.61 Å². The zero-order chi connectivity index (χ0) is 11.0. The Hall–Kier alpha value is -0.613. The van der Waals surface area contributed by atoms with Crippen molar-refractivity contribution in [2.75, 3.05) is 6.61 Å². The quantitative estimate of drug-likeness (QED) is 0.389. The van der Waals surface area contributed by atoms with E-state index >= 15 is 0 Å². The molecule has 0 saturated heterocycles. The average Bonchev–Trinajstić information content (AvgIpc) is 2.03. The van der Waals surface area contributed by atoms with Crippen LogP contribution in [0.5, 0.6) is 0 Å². The maximum Gasteiger partial charge on any atom is 0.395 e. The molecule has 3 nitrogen and oxygen atoms in total. The highest BCUT2D eigenvalue weighted by Crippen LogP contribution is 2.08. The van der Waals surface area contributed by atoms with Gasteiger partial charge < -0.3 is 8.85 Å². The molecule has 0 aromatic rings. The third kappa shape index (κ3) is 6.86. The fourth-order valence-electron chi connectivity index (χ4n) is 0.904. The monoisotopic (exact) mass is 216 g/mol. The number of hydrogen-bond donors (Lipinski definition) is 0. The predicted molar refractivity (Wildman–Crippen MR) is 59.2 cm³/mol. The van der Waals surface area contributed by atoms with Crippen LogP contribution in [0, 0.1) is 0 Å². The Labute approximate surface area is 87.4 Å². The van der Waals surface area contributed by atoms with E-state index in [9.17, 15) is 4.79 Å². The summed E-state index contributed by atoms with van der Waals surface area (Å²) in [5.74, 6) is -0.305. The molecule has 0 fully saturated rings. The topological polar surface area (TPSA) is 35.5 Å². The number of rotatable bonds is 6. The first-order valence-electron chi connectivity index (χ1n) is 5.01. The van der Waals surface area contributed by atoms with Crippen molar-refractivity contribution in [2.45, 2.75) is 39.8 Å². The minimum Gasteiger partial charge on any atom is -0.491 e. The molecule has 0 rings (SSSR count). The summed E-state index contributed by atoms with van der Waals surface area (Å²) >= 11 is 0. The Morgan fingerprint density at radius 3 is 2.57 bits per heavy atom. The second-order valence-electron chi connectivity index (χ2n) is 3.52. The minimum atomic E-state index is -2.24. The van der Waals surface area contributed by atoms with Crippen LogP contribution in [0.25, 0.3) is 0 Å². The zero-order valence-electron chi connectivity index (χ0n) is 9.50. The van der Waals surface area contributed by atoms with Crippen molar-refractivity contribution in [2.24, 2.45) is 0 Å². The van der Waals surface area contributed by atoms with Gasteiger partial charge in [0.1, 0.15) is 0 Å². The first-order chi connectivity index (χ1) is 6.52. The Balaban J connectivity index is 3.87. The number of allylic oxidation sites excluding steroid dienone is 1. The summed E-state index contributed by atoms with van der Waals surface area (Å²) in [5, 5.41) is 0. The summed E-state index contributed by atoms with van der Waals surface area (Å²) < 4.78 is 10.8. The van der Waals surface area contributed by atoms with Gasteiger partial charge in [-0.05, 0) is 26.4 Å². The summed E-state index contributed by atoms with van der Waals surface area (Å²) in [7, 11) is -2.24. The molecule has 0 radical (unpaired) electrons. The van der Waals surface area contributed by atoms with E-state index in [1.54, 1.807) is 13.0 Å². The van der Waals surface area contributed by atoms with Gasteiger partial charge in [-0.2, -0.15) is 0 Å². The Bertz CT molecular complexity index is 200. The molecule has 14 heavy (non-hydrogen) atoms. The number of carbonyl (C=O) groups is 1. The van der Waals surface area contributed by atoms with Crippen LogP contribution in [0.1, 0.15) is 26.7 Å². The predicted octanol–water partition coefficient (Wildman–Crippen LogP) is 2.62. The average molecular weight is 216 g/mol. The van der Waals surface area contributed by atoms with Gasteiger partial charge in [0, 0.05) is 12.7 Å². The lowest BCUT2D eigenvalue weighted by atomic mass is 10.4. The minimum absolute atomic E-state index is 0.305. The van der Waals surface area contributed by atoms with Crippen LogP contribution >= 0.6 is 0 Å². The first kappa shape index (κ1) is 13.4.